The van der Waals surface area contributed by atoms with E-state index < -0.39 is 0 Å². The summed E-state index contributed by atoms with van der Waals surface area (Å²) in [6.45, 7) is 6.57. The number of carbonyl (C=O) groups excluding carboxylic acids is 1. The predicted molar refractivity (Wildman–Crippen MR) is 115 cm³/mol. The molecular weight excluding hydrogens is 381 g/mol. The molecule has 5 nitrogen and oxygen atoms in total. The first-order chi connectivity index (χ1) is 14.5. The van der Waals surface area contributed by atoms with Gasteiger partial charge in [-0.3, -0.25) is 4.79 Å². The second-order valence-corrected chi connectivity index (χ2v) is 7.38. The van der Waals surface area contributed by atoms with E-state index >= 15 is 0 Å². The highest BCUT2D eigenvalue weighted by Crippen LogP contribution is 2.23. The summed E-state index contributed by atoms with van der Waals surface area (Å²) in [4.78, 5) is 12.7. The Bertz CT molecular complexity index is 951. The molecule has 0 saturated heterocycles. The number of amides is 1. The Morgan fingerprint density at radius 3 is 2.33 bits per heavy atom. The lowest BCUT2D eigenvalue weighted by Crippen LogP contribution is -2.28. The number of aromatic nitrogens is 2. The van der Waals surface area contributed by atoms with Crippen molar-refractivity contribution >= 4 is 5.91 Å². The van der Waals surface area contributed by atoms with Crippen molar-refractivity contribution in [2.24, 2.45) is 0 Å². The molecule has 0 spiro atoms. The van der Waals surface area contributed by atoms with Crippen molar-refractivity contribution < 1.29 is 13.9 Å². The van der Waals surface area contributed by atoms with Crippen LogP contribution in [0.3, 0.4) is 0 Å². The van der Waals surface area contributed by atoms with Gasteiger partial charge in [0.2, 0.25) is 0 Å². The van der Waals surface area contributed by atoms with Crippen LogP contribution in [-0.4, -0.2) is 15.7 Å². The highest BCUT2D eigenvalue weighted by molar-refractivity contribution is 5.92. The normalized spacial score (nSPS) is 12.9. The maximum Gasteiger partial charge on any atom is 0.272 e. The molecule has 2 atom stereocenters. The Kier molecular flexibility index (Phi) is 7.22. The lowest BCUT2D eigenvalue weighted by Gasteiger charge is -2.18. The molecule has 1 heterocycles. The number of nitrogens with zero attached hydrogens (tertiary/aromatic N) is 2. The van der Waals surface area contributed by atoms with E-state index in [4.69, 9.17) is 4.74 Å². The van der Waals surface area contributed by atoms with Gasteiger partial charge in [-0.25, -0.2) is 9.07 Å². The van der Waals surface area contributed by atoms with Gasteiger partial charge in [0.05, 0.1) is 6.04 Å². The number of halogens is 1. The predicted octanol–water partition coefficient (Wildman–Crippen LogP) is 5.45. The molecule has 2 aromatic carbocycles. The molecule has 3 rings (SSSR count). The van der Waals surface area contributed by atoms with Crippen molar-refractivity contribution in [3.8, 4) is 5.75 Å². The van der Waals surface area contributed by atoms with Crippen LogP contribution in [0.25, 0.3) is 0 Å². The summed E-state index contributed by atoms with van der Waals surface area (Å²) in [5.74, 6) is 0.508. The lowest BCUT2D eigenvalue weighted by atomic mass is 9.95. The van der Waals surface area contributed by atoms with Gasteiger partial charge in [-0.05, 0) is 60.2 Å². The number of hydrogen-bond acceptors (Lipinski definition) is 3. The SMILES string of the molecule is CCC(C)c1ccc(C(CC)NC(=O)c2ccn(COc3ccc(F)cc3)n2)cc1. The van der Waals surface area contributed by atoms with Gasteiger partial charge in [0, 0.05) is 6.20 Å². The summed E-state index contributed by atoms with van der Waals surface area (Å²) in [7, 11) is 0. The fraction of sp³-hybridized carbons (Fsp3) is 0.333. The van der Waals surface area contributed by atoms with Crippen molar-refractivity contribution in [1.82, 2.24) is 15.1 Å². The number of nitrogens with one attached hydrogen (secondary N) is 1. The summed E-state index contributed by atoms with van der Waals surface area (Å²) in [5.41, 5.74) is 2.71. The van der Waals surface area contributed by atoms with Crippen molar-refractivity contribution in [3.05, 3.63) is 83.4 Å². The third-order valence-corrected chi connectivity index (χ3v) is 5.28. The summed E-state index contributed by atoms with van der Waals surface area (Å²) < 4.78 is 20.0. The Labute approximate surface area is 176 Å². The molecule has 6 heteroatoms. The average molecular weight is 410 g/mol. The largest absolute Gasteiger partial charge is 0.471 e. The molecule has 0 aliphatic carbocycles. The highest BCUT2D eigenvalue weighted by Gasteiger charge is 2.16. The molecule has 158 valence electrons. The molecule has 2 unspecified atom stereocenters. The van der Waals surface area contributed by atoms with Crippen molar-refractivity contribution in [1.29, 1.82) is 0 Å². The van der Waals surface area contributed by atoms with E-state index in [1.807, 2.05) is 6.92 Å². The average Bonchev–Trinajstić information content (AvgIpc) is 3.26. The second kappa shape index (κ2) is 10.1. The molecule has 30 heavy (non-hydrogen) atoms. The third-order valence-electron chi connectivity index (χ3n) is 5.28. The van der Waals surface area contributed by atoms with Crippen LogP contribution in [0.4, 0.5) is 4.39 Å². The van der Waals surface area contributed by atoms with Crippen molar-refractivity contribution in [2.75, 3.05) is 0 Å². The maximum absolute atomic E-state index is 13.0. The van der Waals surface area contributed by atoms with Crippen LogP contribution in [0.2, 0.25) is 0 Å². The number of ether oxygens (including phenoxy) is 1. The topological polar surface area (TPSA) is 56.2 Å². The maximum atomic E-state index is 13.0. The smallest absolute Gasteiger partial charge is 0.272 e. The molecule has 0 aliphatic rings. The van der Waals surface area contributed by atoms with Gasteiger partial charge in [-0.15, -0.1) is 0 Å². The molecule has 0 bridgehead atoms. The number of carbonyl (C=O) groups is 1. The Morgan fingerprint density at radius 2 is 1.70 bits per heavy atom. The van der Waals surface area contributed by atoms with Gasteiger partial charge in [0.25, 0.3) is 5.91 Å². The molecule has 3 aromatic rings. The second-order valence-electron chi connectivity index (χ2n) is 7.38. The molecule has 1 N–H and O–H groups in total. The van der Waals surface area contributed by atoms with E-state index in [0.717, 1.165) is 18.4 Å². The van der Waals surface area contributed by atoms with Crippen LogP contribution < -0.4 is 10.1 Å². The van der Waals surface area contributed by atoms with Gasteiger partial charge in [-0.1, -0.05) is 45.0 Å². The third kappa shape index (κ3) is 5.47. The minimum atomic E-state index is -0.319. The van der Waals surface area contributed by atoms with E-state index in [0.29, 0.717) is 17.4 Å². The van der Waals surface area contributed by atoms with E-state index in [2.05, 4.69) is 48.5 Å². The van der Waals surface area contributed by atoms with Gasteiger partial charge >= 0.3 is 0 Å². The number of rotatable bonds is 9. The first-order valence-electron chi connectivity index (χ1n) is 10.3. The van der Waals surface area contributed by atoms with Gasteiger partial charge in [0.15, 0.2) is 6.73 Å². The van der Waals surface area contributed by atoms with Gasteiger partial charge in [0.1, 0.15) is 17.3 Å². The number of benzene rings is 2. The van der Waals surface area contributed by atoms with Crippen LogP contribution in [0.1, 0.15) is 67.2 Å². The van der Waals surface area contributed by atoms with E-state index in [1.54, 1.807) is 24.4 Å². The molecule has 0 radical (unpaired) electrons. The van der Waals surface area contributed by atoms with Gasteiger partial charge < -0.3 is 10.1 Å². The molecule has 0 fully saturated rings. The van der Waals surface area contributed by atoms with Crippen molar-refractivity contribution in [2.45, 2.75) is 52.3 Å². The number of hydrogen-bond donors (Lipinski definition) is 1. The van der Waals surface area contributed by atoms with E-state index in [1.165, 1.54) is 22.4 Å². The zero-order valence-electron chi connectivity index (χ0n) is 17.6. The Morgan fingerprint density at radius 1 is 1.03 bits per heavy atom. The van der Waals surface area contributed by atoms with Gasteiger partial charge in [-0.2, -0.15) is 5.10 Å². The minimum absolute atomic E-state index is 0.0795. The van der Waals surface area contributed by atoms with E-state index in [9.17, 15) is 9.18 Å². The Hall–Kier alpha value is -3.15. The van der Waals surface area contributed by atoms with Crippen LogP contribution in [0.5, 0.6) is 5.75 Å². The summed E-state index contributed by atoms with van der Waals surface area (Å²) in [5, 5.41) is 7.34. The van der Waals surface area contributed by atoms with Crippen LogP contribution in [0, 0.1) is 5.82 Å². The zero-order chi connectivity index (χ0) is 21.5. The summed E-state index contributed by atoms with van der Waals surface area (Å²) in [6.07, 6.45) is 3.56. The van der Waals surface area contributed by atoms with Crippen molar-refractivity contribution in [3.63, 3.8) is 0 Å². The highest BCUT2D eigenvalue weighted by atomic mass is 19.1. The first-order valence-corrected chi connectivity index (χ1v) is 10.3. The van der Waals surface area contributed by atoms with Crippen LogP contribution in [0.15, 0.2) is 60.8 Å². The molecule has 1 amide bonds. The molecule has 0 aliphatic heterocycles. The Balaban J connectivity index is 1.59. The first kappa shape index (κ1) is 21.6. The van der Waals surface area contributed by atoms with Crippen LogP contribution >= 0.6 is 0 Å². The van der Waals surface area contributed by atoms with Crippen LogP contribution in [-0.2, 0) is 6.73 Å². The molecule has 1 aromatic heterocycles. The lowest BCUT2D eigenvalue weighted by molar-refractivity contribution is 0.0928. The monoisotopic (exact) mass is 409 g/mol. The fourth-order valence-corrected chi connectivity index (χ4v) is 3.17. The quantitative estimate of drug-likeness (QED) is 0.511. The zero-order valence-corrected chi connectivity index (χ0v) is 17.6. The molecular formula is C24H28FN3O2. The molecule has 0 saturated carbocycles. The van der Waals surface area contributed by atoms with E-state index in [-0.39, 0.29) is 24.5 Å². The minimum Gasteiger partial charge on any atom is -0.471 e. The fourth-order valence-electron chi connectivity index (χ4n) is 3.17. The standard InChI is InChI=1S/C24H28FN3O2/c1-4-17(3)18-6-8-19(9-7-18)22(5-2)26-24(29)23-14-15-28(27-23)16-30-21-12-10-20(25)11-13-21/h6-15,17,22H,4-5,16H2,1-3H3,(H,26,29). The summed E-state index contributed by atoms with van der Waals surface area (Å²) in [6, 6.07) is 15.8. The summed E-state index contributed by atoms with van der Waals surface area (Å²) >= 11 is 0.